The minimum Gasteiger partial charge on any atom is -0.336 e. The van der Waals surface area contributed by atoms with Gasteiger partial charge in [0.15, 0.2) is 5.13 Å². The van der Waals surface area contributed by atoms with Gasteiger partial charge in [-0.05, 0) is 49.0 Å². The summed E-state index contributed by atoms with van der Waals surface area (Å²) in [4.78, 5) is 33.5. The second-order valence-corrected chi connectivity index (χ2v) is 8.64. The Morgan fingerprint density at radius 2 is 1.83 bits per heavy atom. The van der Waals surface area contributed by atoms with Gasteiger partial charge in [0.25, 0.3) is 5.91 Å². The van der Waals surface area contributed by atoms with E-state index in [1.807, 2.05) is 29.2 Å². The number of fused-ring (bicyclic) bond motifs is 1. The highest BCUT2D eigenvalue weighted by molar-refractivity contribution is 7.22. The molecule has 2 heterocycles. The van der Waals surface area contributed by atoms with Gasteiger partial charge in [0.05, 0.1) is 10.2 Å². The number of nitrogens with zero attached hydrogens (tertiary/aromatic N) is 3. The number of benzene rings is 2. The summed E-state index contributed by atoms with van der Waals surface area (Å²) in [5.41, 5.74) is 2.29. The van der Waals surface area contributed by atoms with Crippen LogP contribution in [0.3, 0.4) is 0 Å². The molecule has 2 aromatic carbocycles. The van der Waals surface area contributed by atoms with E-state index in [-0.39, 0.29) is 11.8 Å². The van der Waals surface area contributed by atoms with Crippen LogP contribution in [0.15, 0.2) is 48.5 Å². The zero-order valence-electron chi connectivity index (χ0n) is 16.5. The first kappa shape index (κ1) is 20.5. The molecule has 0 bridgehead atoms. The van der Waals surface area contributed by atoms with Crippen LogP contribution in [0.2, 0.25) is 5.02 Å². The molecule has 6 nitrogen and oxygen atoms in total. The van der Waals surface area contributed by atoms with Gasteiger partial charge in [0.1, 0.15) is 0 Å². The third-order valence-corrected chi connectivity index (χ3v) is 6.14. The largest absolute Gasteiger partial charge is 0.336 e. The third-order valence-electron chi connectivity index (χ3n) is 4.95. The Morgan fingerprint density at radius 1 is 1.10 bits per heavy atom. The van der Waals surface area contributed by atoms with Crippen LogP contribution in [0.4, 0.5) is 5.13 Å². The lowest BCUT2D eigenvalue weighted by Crippen LogP contribution is -2.47. The maximum absolute atomic E-state index is 12.8. The number of carbonyl (C=O) groups excluding carboxylic acids is 2. The van der Waals surface area contributed by atoms with Gasteiger partial charge in [-0.3, -0.25) is 14.9 Å². The number of rotatable bonds is 4. The monoisotopic (exact) mass is 440 g/mol. The van der Waals surface area contributed by atoms with Crippen LogP contribution in [0.5, 0.6) is 0 Å². The fourth-order valence-corrected chi connectivity index (χ4v) is 4.23. The molecule has 1 aliphatic heterocycles. The van der Waals surface area contributed by atoms with Crippen LogP contribution < -0.4 is 5.32 Å². The van der Waals surface area contributed by atoms with Crippen LogP contribution in [0.25, 0.3) is 16.3 Å². The lowest BCUT2D eigenvalue weighted by atomic mass is 10.1. The molecule has 0 radical (unpaired) electrons. The first-order valence-electron chi connectivity index (χ1n) is 9.61. The van der Waals surface area contributed by atoms with E-state index in [2.05, 4.69) is 22.2 Å². The molecule has 1 saturated heterocycles. The number of likely N-dealkylation sites (N-methyl/N-ethyl adjacent to an activating group) is 1. The van der Waals surface area contributed by atoms with Crippen LogP contribution in [-0.4, -0.2) is 59.8 Å². The molecule has 1 aromatic heterocycles. The van der Waals surface area contributed by atoms with E-state index in [1.54, 1.807) is 24.3 Å². The Bertz CT molecular complexity index is 1100. The van der Waals surface area contributed by atoms with Crippen LogP contribution >= 0.6 is 22.9 Å². The fourth-order valence-electron chi connectivity index (χ4n) is 3.20. The highest BCUT2D eigenvalue weighted by Gasteiger charge is 2.21. The van der Waals surface area contributed by atoms with E-state index >= 15 is 0 Å². The lowest BCUT2D eigenvalue weighted by molar-refractivity contribution is -0.111. The smallest absolute Gasteiger partial charge is 0.253 e. The molecular formula is C22H21ClN4O2S. The van der Waals surface area contributed by atoms with Gasteiger partial charge in [0.2, 0.25) is 5.91 Å². The number of halogens is 1. The molecule has 30 heavy (non-hydrogen) atoms. The van der Waals surface area contributed by atoms with Crippen molar-refractivity contribution in [3.8, 4) is 0 Å². The number of thiazole rings is 1. The number of hydrogen-bond donors (Lipinski definition) is 1. The maximum Gasteiger partial charge on any atom is 0.253 e. The zero-order chi connectivity index (χ0) is 21.1. The number of piperazine rings is 1. The molecule has 0 spiro atoms. The SMILES string of the molecule is CN1CCN(C(=O)c2ccc3nc(NC(=O)/C=C/c4ccc(Cl)cc4)sc3c2)CC1. The van der Waals surface area contributed by atoms with Gasteiger partial charge in [-0.1, -0.05) is 35.1 Å². The van der Waals surface area contributed by atoms with E-state index in [1.165, 1.54) is 17.4 Å². The van der Waals surface area contributed by atoms with E-state index in [4.69, 9.17) is 11.6 Å². The topological polar surface area (TPSA) is 65.5 Å². The third kappa shape index (κ3) is 4.87. The molecule has 4 rings (SSSR count). The van der Waals surface area contributed by atoms with Gasteiger partial charge < -0.3 is 9.80 Å². The highest BCUT2D eigenvalue weighted by atomic mass is 35.5. The van der Waals surface area contributed by atoms with Crippen molar-refractivity contribution in [2.75, 3.05) is 38.5 Å². The summed E-state index contributed by atoms with van der Waals surface area (Å²) in [6.45, 7) is 3.23. The molecular weight excluding hydrogens is 420 g/mol. The summed E-state index contributed by atoms with van der Waals surface area (Å²) in [5.74, 6) is -0.229. The number of hydrogen-bond acceptors (Lipinski definition) is 5. The molecule has 0 aliphatic carbocycles. The van der Waals surface area contributed by atoms with Crippen molar-refractivity contribution in [3.05, 3.63) is 64.7 Å². The molecule has 0 saturated carbocycles. The van der Waals surface area contributed by atoms with Crippen molar-refractivity contribution in [3.63, 3.8) is 0 Å². The van der Waals surface area contributed by atoms with Crippen LogP contribution in [0, 0.1) is 0 Å². The summed E-state index contributed by atoms with van der Waals surface area (Å²) in [6, 6.07) is 12.7. The lowest BCUT2D eigenvalue weighted by Gasteiger charge is -2.32. The normalized spacial score (nSPS) is 15.1. The number of nitrogens with one attached hydrogen (secondary N) is 1. The zero-order valence-corrected chi connectivity index (χ0v) is 18.0. The quantitative estimate of drug-likeness (QED) is 0.623. The van der Waals surface area contributed by atoms with Crippen molar-refractivity contribution < 1.29 is 9.59 Å². The molecule has 8 heteroatoms. The number of aromatic nitrogens is 1. The average Bonchev–Trinajstić information content (AvgIpc) is 3.14. The minimum absolute atomic E-state index is 0.0369. The molecule has 1 N–H and O–H groups in total. The Labute approximate surface area is 183 Å². The van der Waals surface area contributed by atoms with Gasteiger partial charge in [-0.25, -0.2) is 4.98 Å². The maximum atomic E-state index is 12.8. The Morgan fingerprint density at radius 3 is 2.57 bits per heavy atom. The summed E-state index contributed by atoms with van der Waals surface area (Å²) >= 11 is 7.22. The van der Waals surface area contributed by atoms with Crippen molar-refractivity contribution in [1.82, 2.24) is 14.8 Å². The van der Waals surface area contributed by atoms with Crippen molar-refractivity contribution in [2.24, 2.45) is 0 Å². The fraction of sp³-hybridized carbons (Fsp3) is 0.227. The van der Waals surface area contributed by atoms with Crippen LogP contribution in [0.1, 0.15) is 15.9 Å². The second-order valence-electron chi connectivity index (χ2n) is 7.17. The van der Waals surface area contributed by atoms with Gasteiger partial charge in [-0.15, -0.1) is 0 Å². The van der Waals surface area contributed by atoms with E-state index in [0.29, 0.717) is 15.7 Å². The predicted octanol–water partition coefficient (Wildman–Crippen LogP) is 3.99. The number of carbonyl (C=O) groups is 2. The minimum atomic E-state index is -0.266. The Balaban J connectivity index is 1.43. The first-order valence-corrected chi connectivity index (χ1v) is 10.8. The molecule has 1 fully saturated rings. The van der Waals surface area contributed by atoms with Crippen LogP contribution in [-0.2, 0) is 4.79 Å². The van der Waals surface area contributed by atoms with Gasteiger partial charge >= 0.3 is 0 Å². The summed E-state index contributed by atoms with van der Waals surface area (Å²) in [5, 5.41) is 3.93. The molecule has 0 atom stereocenters. The molecule has 0 unspecified atom stereocenters. The Kier molecular flexibility index (Phi) is 6.13. The molecule has 3 aromatic rings. The van der Waals surface area contributed by atoms with E-state index in [9.17, 15) is 9.59 Å². The number of amides is 2. The Hall–Kier alpha value is -2.74. The van der Waals surface area contributed by atoms with E-state index < -0.39 is 0 Å². The van der Waals surface area contributed by atoms with Crippen molar-refractivity contribution in [2.45, 2.75) is 0 Å². The molecule has 1 aliphatic rings. The van der Waals surface area contributed by atoms with Crippen molar-refractivity contribution >= 4 is 56.2 Å². The highest BCUT2D eigenvalue weighted by Crippen LogP contribution is 2.27. The summed E-state index contributed by atoms with van der Waals surface area (Å²) < 4.78 is 0.868. The first-order chi connectivity index (χ1) is 14.5. The molecule has 2 amide bonds. The van der Waals surface area contributed by atoms with Crippen molar-refractivity contribution in [1.29, 1.82) is 0 Å². The molecule has 154 valence electrons. The van der Waals surface area contributed by atoms with E-state index in [0.717, 1.165) is 42.0 Å². The summed E-state index contributed by atoms with van der Waals surface area (Å²) in [6.07, 6.45) is 3.17. The second kappa shape index (κ2) is 8.95. The van der Waals surface area contributed by atoms with Gasteiger partial charge in [-0.2, -0.15) is 0 Å². The number of anilines is 1. The van der Waals surface area contributed by atoms with Gasteiger partial charge in [0, 0.05) is 42.8 Å². The predicted molar refractivity (Wildman–Crippen MR) is 122 cm³/mol. The summed E-state index contributed by atoms with van der Waals surface area (Å²) in [7, 11) is 2.06. The average molecular weight is 441 g/mol. The standard InChI is InChI=1S/C22H21ClN4O2S/c1-26-10-12-27(13-11-26)21(29)16-5-8-18-19(14-16)30-22(24-18)25-20(28)9-4-15-2-6-17(23)7-3-15/h2-9,14H,10-13H2,1H3,(H,24,25,28)/b9-4+.